The Bertz CT molecular complexity index is 1170. The van der Waals surface area contributed by atoms with Gasteiger partial charge in [0.25, 0.3) is 0 Å². The largest absolute Gasteiger partial charge is 0.453 e. The first-order valence-electron chi connectivity index (χ1n) is 15.3. The normalized spacial score (nSPS) is 20.7. The molecule has 3 N–H and O–H groups in total. The number of hydrogen-bond donors (Lipinski definition) is 3. The number of halogens is 1. The number of aryl methyl sites for hydroxylation is 1. The van der Waals surface area contributed by atoms with Gasteiger partial charge in [-0.3, -0.25) is 4.79 Å². The van der Waals surface area contributed by atoms with E-state index < -0.39 is 11.7 Å². The van der Waals surface area contributed by atoms with Crippen LogP contribution in [0.2, 0.25) is 0 Å². The number of carbonyl (C=O) groups is 2. The van der Waals surface area contributed by atoms with Crippen LogP contribution in [0.1, 0.15) is 75.8 Å². The van der Waals surface area contributed by atoms with Crippen molar-refractivity contribution in [3.8, 4) is 11.1 Å². The Kier molecular flexibility index (Phi) is 11.2. The van der Waals surface area contributed by atoms with Gasteiger partial charge in [0.05, 0.1) is 12.7 Å². The lowest BCUT2D eigenvalue weighted by Gasteiger charge is -2.44. The van der Waals surface area contributed by atoms with Gasteiger partial charge >= 0.3 is 6.09 Å². The third-order valence-electron chi connectivity index (χ3n) is 8.86. The van der Waals surface area contributed by atoms with Crippen LogP contribution in [0.15, 0.2) is 42.5 Å². The summed E-state index contributed by atoms with van der Waals surface area (Å²) in [7, 11) is 1.31. The van der Waals surface area contributed by atoms with Crippen molar-refractivity contribution in [2.45, 2.75) is 82.8 Å². The first-order valence-corrected chi connectivity index (χ1v) is 15.3. The quantitative estimate of drug-likeness (QED) is 0.310. The first kappa shape index (κ1) is 31.0. The fourth-order valence-electron chi connectivity index (χ4n) is 6.52. The molecule has 2 aromatic carbocycles. The maximum Gasteiger partial charge on any atom is 0.406 e. The van der Waals surface area contributed by atoms with Crippen LogP contribution in [0.4, 0.5) is 9.18 Å². The van der Waals surface area contributed by atoms with Crippen LogP contribution >= 0.6 is 0 Å². The molecule has 7 nitrogen and oxygen atoms in total. The predicted molar refractivity (Wildman–Crippen MR) is 159 cm³/mol. The molecule has 0 saturated carbocycles. The number of carbonyl (C=O) groups excluding carboxylic acids is 2. The Hall–Kier alpha value is -2.97. The summed E-state index contributed by atoms with van der Waals surface area (Å²) in [5.74, 6) is -0.543. The van der Waals surface area contributed by atoms with E-state index in [0.29, 0.717) is 56.1 Å². The number of methoxy groups -OCH3 is 1. The second-order valence-corrected chi connectivity index (χ2v) is 11.5. The number of rotatable bonds is 11. The second kappa shape index (κ2) is 14.8. The minimum Gasteiger partial charge on any atom is -0.453 e. The summed E-state index contributed by atoms with van der Waals surface area (Å²) < 4.78 is 20.3. The van der Waals surface area contributed by atoms with Crippen LogP contribution in [0.25, 0.3) is 11.1 Å². The lowest BCUT2D eigenvalue weighted by Crippen LogP contribution is -2.49. The van der Waals surface area contributed by atoms with E-state index >= 15 is 4.39 Å². The Morgan fingerprint density at radius 1 is 1.17 bits per heavy atom. The highest BCUT2D eigenvalue weighted by atomic mass is 19.1. The summed E-state index contributed by atoms with van der Waals surface area (Å²) in [5, 5.41) is 18.8. The van der Waals surface area contributed by atoms with Crippen LogP contribution in [-0.4, -0.2) is 61.3 Å². The standard InChI is InChI=1S/C33H46FN3O4/c1-3-24-10-6-11-25(22-24)31-28(14-7-15-29(31)34)33(40,18-9-20-36-32(39)41-2)26-12-8-21-37(23-26)30(38)17-16-27-13-4-5-19-35-27/h6-7,10-11,14-15,22,26-27,35,40H,3-5,8-9,12-13,16-21,23H2,1-2H3,(H,36,39). The average Bonchev–Trinajstić information content (AvgIpc) is 3.02. The summed E-state index contributed by atoms with van der Waals surface area (Å²) in [4.78, 5) is 26.9. The van der Waals surface area contributed by atoms with Crippen molar-refractivity contribution in [3.63, 3.8) is 0 Å². The zero-order valence-electron chi connectivity index (χ0n) is 24.6. The Morgan fingerprint density at radius 2 is 2.00 bits per heavy atom. The van der Waals surface area contributed by atoms with Crippen LogP contribution in [0.5, 0.6) is 0 Å². The minimum absolute atomic E-state index is 0.117. The third-order valence-corrected chi connectivity index (χ3v) is 8.86. The molecule has 3 unspecified atom stereocenters. The van der Waals surface area contributed by atoms with Gasteiger partial charge in [-0.15, -0.1) is 0 Å². The molecule has 2 aromatic rings. The van der Waals surface area contributed by atoms with Crippen molar-refractivity contribution in [1.29, 1.82) is 0 Å². The number of aliphatic hydroxyl groups is 1. The highest BCUT2D eigenvalue weighted by Gasteiger charge is 2.43. The van der Waals surface area contributed by atoms with Crippen LogP contribution in [0, 0.1) is 11.7 Å². The predicted octanol–water partition coefficient (Wildman–Crippen LogP) is 5.54. The Balaban J connectivity index is 1.61. The number of nitrogens with zero attached hydrogens (tertiary/aromatic N) is 1. The molecule has 2 amide bonds. The molecule has 0 spiro atoms. The third kappa shape index (κ3) is 7.86. The highest BCUT2D eigenvalue weighted by Crippen LogP contribution is 2.44. The molecule has 8 heteroatoms. The molecule has 4 rings (SSSR count). The van der Waals surface area contributed by atoms with Crippen molar-refractivity contribution in [1.82, 2.24) is 15.5 Å². The van der Waals surface area contributed by atoms with Gasteiger partial charge in [0.1, 0.15) is 5.82 Å². The molecule has 2 heterocycles. The van der Waals surface area contributed by atoms with Crippen molar-refractivity contribution in [2.75, 3.05) is 33.3 Å². The maximum absolute atomic E-state index is 15.6. The van der Waals surface area contributed by atoms with Crippen LogP contribution in [0.3, 0.4) is 0 Å². The van der Waals surface area contributed by atoms with Gasteiger partial charge in [0.15, 0.2) is 0 Å². The Morgan fingerprint density at radius 3 is 2.76 bits per heavy atom. The molecule has 0 aromatic heterocycles. The Labute approximate surface area is 243 Å². The van der Waals surface area contributed by atoms with Crippen molar-refractivity contribution >= 4 is 12.0 Å². The number of amides is 2. The molecule has 3 atom stereocenters. The van der Waals surface area contributed by atoms with E-state index in [-0.39, 0.29) is 17.6 Å². The number of piperidine rings is 2. The lowest BCUT2D eigenvalue weighted by molar-refractivity contribution is -0.137. The van der Waals surface area contributed by atoms with E-state index in [2.05, 4.69) is 17.6 Å². The molecule has 2 aliphatic heterocycles. The molecule has 41 heavy (non-hydrogen) atoms. The summed E-state index contributed by atoms with van der Waals surface area (Å²) in [6.45, 7) is 4.48. The molecule has 2 aliphatic rings. The van der Waals surface area contributed by atoms with Crippen molar-refractivity contribution in [2.24, 2.45) is 5.92 Å². The van der Waals surface area contributed by atoms with Gasteiger partial charge in [-0.2, -0.15) is 0 Å². The molecule has 0 aliphatic carbocycles. The number of benzene rings is 2. The number of alkyl carbamates (subject to hydrolysis) is 1. The average molecular weight is 568 g/mol. The molecule has 2 saturated heterocycles. The van der Waals surface area contributed by atoms with Gasteiger partial charge < -0.3 is 25.4 Å². The molecular weight excluding hydrogens is 521 g/mol. The molecular formula is C33H46FN3O4. The number of ether oxygens (including phenoxy) is 1. The van der Waals surface area contributed by atoms with Gasteiger partial charge in [0, 0.05) is 43.6 Å². The lowest BCUT2D eigenvalue weighted by atomic mass is 9.72. The zero-order valence-corrected chi connectivity index (χ0v) is 24.6. The van der Waals surface area contributed by atoms with E-state index in [1.807, 2.05) is 35.2 Å². The SMILES string of the molecule is CCc1cccc(-c2c(F)cccc2C(O)(CCCNC(=O)OC)C2CCCN(C(=O)CCC3CCCCN3)C2)c1. The van der Waals surface area contributed by atoms with Gasteiger partial charge in [-0.1, -0.05) is 49.7 Å². The van der Waals surface area contributed by atoms with Crippen molar-refractivity contribution < 1.29 is 23.8 Å². The summed E-state index contributed by atoms with van der Waals surface area (Å²) in [6.07, 6.45) is 7.37. The monoisotopic (exact) mass is 567 g/mol. The summed E-state index contributed by atoms with van der Waals surface area (Å²) in [6, 6.07) is 13.1. The fourth-order valence-corrected chi connectivity index (χ4v) is 6.52. The van der Waals surface area contributed by atoms with Gasteiger partial charge in [-0.05, 0) is 80.7 Å². The smallest absolute Gasteiger partial charge is 0.406 e. The fraction of sp³-hybridized carbons (Fsp3) is 0.576. The van der Waals surface area contributed by atoms with Gasteiger partial charge in [-0.25, -0.2) is 9.18 Å². The van der Waals surface area contributed by atoms with E-state index in [0.717, 1.165) is 49.8 Å². The number of likely N-dealkylation sites (tertiary alicyclic amines) is 1. The van der Waals surface area contributed by atoms with E-state index in [1.165, 1.54) is 26.0 Å². The van der Waals surface area contributed by atoms with Gasteiger partial charge in [0.2, 0.25) is 5.91 Å². The summed E-state index contributed by atoms with van der Waals surface area (Å²) >= 11 is 0. The number of nitrogens with one attached hydrogen (secondary N) is 2. The second-order valence-electron chi connectivity index (χ2n) is 11.5. The molecule has 0 radical (unpaired) electrons. The summed E-state index contributed by atoms with van der Waals surface area (Å²) in [5.41, 5.74) is 1.35. The zero-order chi connectivity index (χ0) is 29.2. The van der Waals surface area contributed by atoms with E-state index in [4.69, 9.17) is 4.74 Å². The van der Waals surface area contributed by atoms with Crippen LogP contribution in [-0.2, 0) is 21.6 Å². The van der Waals surface area contributed by atoms with Crippen molar-refractivity contribution in [3.05, 3.63) is 59.4 Å². The highest BCUT2D eigenvalue weighted by molar-refractivity contribution is 5.76. The first-order chi connectivity index (χ1) is 19.9. The minimum atomic E-state index is -1.40. The molecule has 0 bridgehead atoms. The molecule has 224 valence electrons. The topological polar surface area (TPSA) is 90.9 Å². The van der Waals surface area contributed by atoms with Crippen LogP contribution < -0.4 is 10.6 Å². The van der Waals surface area contributed by atoms with E-state index in [9.17, 15) is 14.7 Å². The van der Waals surface area contributed by atoms with E-state index in [1.54, 1.807) is 6.07 Å². The molecule has 2 fully saturated rings. The maximum atomic E-state index is 15.6. The number of hydrogen-bond acceptors (Lipinski definition) is 5.